The summed E-state index contributed by atoms with van der Waals surface area (Å²) in [6.45, 7) is 0.442. The Balaban J connectivity index is 1.23. The van der Waals surface area contributed by atoms with Crippen molar-refractivity contribution in [3.63, 3.8) is 0 Å². The zero-order valence-corrected chi connectivity index (χ0v) is 22.1. The Labute approximate surface area is 225 Å². The summed E-state index contributed by atoms with van der Waals surface area (Å²) in [5.74, 6) is 1.08. The van der Waals surface area contributed by atoms with E-state index in [0.717, 1.165) is 16.5 Å². The maximum atomic E-state index is 12.9. The fraction of sp³-hybridized carbons (Fsp3) is 0.250. The molecule has 3 aromatic rings. The van der Waals surface area contributed by atoms with Crippen molar-refractivity contribution < 1.29 is 18.1 Å². The lowest BCUT2D eigenvalue weighted by Crippen LogP contribution is -2.30. The minimum atomic E-state index is -4.32. The number of fused-ring (bicyclic) bond motifs is 2. The van der Waals surface area contributed by atoms with Crippen LogP contribution in [0.15, 0.2) is 88.7 Å². The van der Waals surface area contributed by atoms with Crippen LogP contribution in [0, 0.1) is 22.0 Å². The summed E-state index contributed by atoms with van der Waals surface area (Å²) in [5, 5.41) is 14.7. The second-order valence-electron chi connectivity index (χ2n) is 9.43. The second-order valence-corrected chi connectivity index (χ2v) is 12.3. The molecule has 0 spiro atoms. The minimum Gasteiger partial charge on any atom is -0.379 e. The fourth-order valence-electron chi connectivity index (χ4n) is 5.08. The number of rotatable bonds is 10. The van der Waals surface area contributed by atoms with Crippen molar-refractivity contribution >= 4 is 44.6 Å². The Morgan fingerprint density at radius 1 is 1.03 bits per heavy atom. The van der Waals surface area contributed by atoms with E-state index in [2.05, 4.69) is 11.4 Å². The van der Waals surface area contributed by atoms with Crippen LogP contribution in [0.4, 0.5) is 11.4 Å². The Kier molecular flexibility index (Phi) is 7.53. The summed E-state index contributed by atoms with van der Waals surface area (Å²) in [4.78, 5) is 24.5. The van der Waals surface area contributed by atoms with Crippen LogP contribution >= 0.6 is 11.8 Å². The maximum absolute atomic E-state index is 12.9. The first-order valence-electron chi connectivity index (χ1n) is 12.4. The highest BCUT2D eigenvalue weighted by Crippen LogP contribution is 2.47. The molecule has 1 saturated carbocycles. The highest BCUT2D eigenvalue weighted by molar-refractivity contribution is 7.99. The Morgan fingerprint density at radius 2 is 1.79 bits per heavy atom. The van der Waals surface area contributed by atoms with Gasteiger partial charge in [0, 0.05) is 28.8 Å². The number of nitrogens with one attached hydrogen (secondary N) is 2. The van der Waals surface area contributed by atoms with E-state index in [9.17, 15) is 23.3 Å². The molecule has 2 N–H and O–H groups in total. The molecular weight excluding hydrogens is 522 g/mol. The topological polar surface area (TPSA) is 118 Å². The van der Waals surface area contributed by atoms with Crippen molar-refractivity contribution in [3.8, 4) is 0 Å². The molecule has 0 heterocycles. The monoisotopic (exact) mass is 549 g/mol. The third-order valence-electron chi connectivity index (χ3n) is 6.94. The molecule has 2 unspecified atom stereocenters. The van der Waals surface area contributed by atoms with Crippen molar-refractivity contribution in [2.75, 3.05) is 17.6 Å². The molecule has 0 radical (unpaired) electrons. The summed E-state index contributed by atoms with van der Waals surface area (Å²) in [6, 6.07) is 20.2. The molecule has 2 aliphatic carbocycles. The molecule has 10 heteroatoms. The Bertz CT molecular complexity index is 1490. The van der Waals surface area contributed by atoms with Gasteiger partial charge in [0.05, 0.1) is 9.82 Å². The molecule has 38 heavy (non-hydrogen) atoms. The normalized spacial score (nSPS) is 18.2. The van der Waals surface area contributed by atoms with Crippen molar-refractivity contribution in [1.29, 1.82) is 0 Å². The van der Waals surface area contributed by atoms with Crippen molar-refractivity contribution in [2.45, 2.75) is 29.1 Å². The molecule has 3 aromatic carbocycles. The first-order valence-corrected chi connectivity index (χ1v) is 14.9. The van der Waals surface area contributed by atoms with Gasteiger partial charge in [0.25, 0.3) is 21.6 Å². The quantitative estimate of drug-likeness (QED) is 0.143. The number of nitro groups is 1. The molecule has 2 atom stereocenters. The molecule has 0 saturated heterocycles. The number of sulfonamides is 1. The number of hydrogen-bond donors (Lipinski definition) is 2. The SMILES string of the molecule is O=C(NS(=O)(=O)c1ccc(NCCSc2ccccc2)c([N+](=O)[O-])c1)c1ccc(C2=CC3CCC2C3)cc1. The average molecular weight is 550 g/mol. The van der Waals surface area contributed by atoms with E-state index in [1.54, 1.807) is 23.9 Å². The van der Waals surface area contributed by atoms with Crippen LogP contribution in [-0.4, -0.2) is 31.5 Å². The molecule has 0 aliphatic heterocycles. The number of hydrogen-bond acceptors (Lipinski definition) is 7. The summed E-state index contributed by atoms with van der Waals surface area (Å²) in [7, 11) is -4.32. The molecule has 2 bridgehead atoms. The van der Waals surface area contributed by atoms with Gasteiger partial charge in [-0.05, 0) is 78.6 Å². The Hall–Kier alpha value is -3.63. The summed E-state index contributed by atoms with van der Waals surface area (Å²) in [5.41, 5.74) is 2.38. The number of carbonyl (C=O) groups excluding carboxylic acids is 1. The summed E-state index contributed by atoms with van der Waals surface area (Å²) >= 11 is 1.60. The van der Waals surface area contributed by atoms with Crippen LogP contribution in [0.25, 0.3) is 5.57 Å². The van der Waals surface area contributed by atoms with Crippen LogP contribution in [0.2, 0.25) is 0 Å². The van der Waals surface area contributed by atoms with Gasteiger partial charge in [-0.3, -0.25) is 14.9 Å². The van der Waals surface area contributed by atoms with Gasteiger partial charge >= 0.3 is 0 Å². The van der Waals surface area contributed by atoms with Gasteiger partial charge < -0.3 is 5.32 Å². The third kappa shape index (κ3) is 5.76. The van der Waals surface area contributed by atoms with Crippen molar-refractivity contribution in [1.82, 2.24) is 4.72 Å². The largest absolute Gasteiger partial charge is 0.379 e. The van der Waals surface area contributed by atoms with Gasteiger partial charge in [-0.15, -0.1) is 11.8 Å². The van der Waals surface area contributed by atoms with Crippen molar-refractivity contribution in [2.24, 2.45) is 11.8 Å². The number of benzene rings is 3. The first-order chi connectivity index (χ1) is 18.3. The molecule has 8 nitrogen and oxygen atoms in total. The number of amides is 1. The molecule has 5 rings (SSSR count). The number of nitro benzene ring substituents is 1. The first kappa shape index (κ1) is 26.0. The molecule has 1 amide bonds. The van der Waals surface area contributed by atoms with Gasteiger partial charge in [-0.25, -0.2) is 13.1 Å². The molecule has 196 valence electrons. The van der Waals surface area contributed by atoms with Crippen LogP contribution < -0.4 is 10.0 Å². The van der Waals surface area contributed by atoms with Gasteiger partial charge in [-0.1, -0.05) is 36.4 Å². The Morgan fingerprint density at radius 3 is 2.45 bits per heavy atom. The average Bonchev–Trinajstić information content (AvgIpc) is 3.56. The zero-order chi connectivity index (χ0) is 26.7. The lowest BCUT2D eigenvalue weighted by Gasteiger charge is -2.14. The molecule has 0 aromatic heterocycles. The molecule has 2 aliphatic rings. The smallest absolute Gasteiger partial charge is 0.293 e. The number of anilines is 1. The van der Waals surface area contributed by atoms with Gasteiger partial charge in [0.1, 0.15) is 5.69 Å². The van der Waals surface area contributed by atoms with Crippen LogP contribution in [-0.2, 0) is 10.0 Å². The van der Waals surface area contributed by atoms with E-state index in [1.807, 2.05) is 47.2 Å². The lowest BCUT2D eigenvalue weighted by molar-refractivity contribution is -0.384. The van der Waals surface area contributed by atoms with Gasteiger partial charge in [0.2, 0.25) is 0 Å². The number of thioether (sulfide) groups is 1. The highest BCUT2D eigenvalue weighted by atomic mass is 32.2. The van der Waals surface area contributed by atoms with Gasteiger partial charge in [0.15, 0.2) is 0 Å². The predicted octanol–water partition coefficient (Wildman–Crippen LogP) is 5.73. The summed E-state index contributed by atoms with van der Waals surface area (Å²) in [6.07, 6.45) is 5.91. The minimum absolute atomic E-state index is 0.199. The van der Waals surface area contributed by atoms with E-state index in [0.29, 0.717) is 24.1 Å². The molecule has 1 fully saturated rings. The van der Waals surface area contributed by atoms with Crippen molar-refractivity contribution in [3.05, 3.63) is 100 Å². The maximum Gasteiger partial charge on any atom is 0.293 e. The van der Waals surface area contributed by atoms with Crippen LogP contribution in [0.3, 0.4) is 0 Å². The predicted molar refractivity (Wildman–Crippen MR) is 149 cm³/mol. The number of carbonyl (C=O) groups is 1. The second kappa shape index (κ2) is 11.0. The standard InChI is InChI=1S/C28H27N3O5S2/c32-28(21-10-8-20(9-11-21)25-17-19-6-7-22(25)16-19)30-38(35,36)24-12-13-26(27(18-24)31(33)34)29-14-15-37-23-4-2-1-3-5-23/h1-5,8-13,17-19,22,29H,6-7,14-16H2,(H,30,32). The number of nitrogens with zero attached hydrogens (tertiary/aromatic N) is 1. The van der Waals surface area contributed by atoms with E-state index in [-0.39, 0.29) is 21.8 Å². The summed E-state index contributed by atoms with van der Waals surface area (Å²) < 4.78 is 27.8. The van der Waals surface area contributed by atoms with E-state index in [1.165, 1.54) is 37.0 Å². The third-order valence-corrected chi connectivity index (χ3v) is 9.28. The van der Waals surface area contributed by atoms with Crippen LogP contribution in [0.1, 0.15) is 35.2 Å². The highest BCUT2D eigenvalue weighted by Gasteiger charge is 2.33. The molecular formula is C28H27N3O5S2. The van der Waals surface area contributed by atoms with E-state index >= 15 is 0 Å². The van der Waals surface area contributed by atoms with Crippen LogP contribution in [0.5, 0.6) is 0 Å². The van der Waals surface area contributed by atoms with Gasteiger partial charge in [-0.2, -0.15) is 0 Å². The zero-order valence-electron chi connectivity index (χ0n) is 20.5. The van der Waals surface area contributed by atoms with E-state index < -0.39 is 20.9 Å². The number of allylic oxidation sites excluding steroid dienone is 2. The van der Waals surface area contributed by atoms with E-state index in [4.69, 9.17) is 0 Å². The fourth-order valence-corrected chi connectivity index (χ4v) is 6.86. The lowest BCUT2D eigenvalue weighted by atomic mass is 9.92.